The highest BCUT2D eigenvalue weighted by molar-refractivity contribution is 6.74. The monoisotopic (exact) mass is 375 g/mol. The minimum Gasteiger partial charge on any atom is -0.444 e. The first-order valence-corrected chi connectivity index (χ1v) is 11.9. The molecule has 1 amide bonds. The number of nitrogens with one attached hydrogen (secondary N) is 1. The molecule has 4 nitrogen and oxygen atoms in total. The number of hydrogen-bond acceptors (Lipinski definition) is 3. The van der Waals surface area contributed by atoms with Crippen LogP contribution in [0.1, 0.15) is 52.7 Å². The van der Waals surface area contributed by atoms with Crippen LogP contribution in [0.3, 0.4) is 0 Å². The van der Waals surface area contributed by atoms with Gasteiger partial charge in [-0.1, -0.05) is 44.7 Å². The fraction of sp³-hybridized carbons (Fsp3) is 0.571. The van der Waals surface area contributed by atoms with Crippen molar-refractivity contribution in [2.75, 3.05) is 6.54 Å². The molecule has 0 aliphatic carbocycles. The van der Waals surface area contributed by atoms with Crippen molar-refractivity contribution in [2.24, 2.45) is 0 Å². The molecule has 1 aromatic rings. The maximum absolute atomic E-state index is 11.5. The van der Waals surface area contributed by atoms with Crippen molar-refractivity contribution in [2.45, 2.75) is 71.9 Å². The van der Waals surface area contributed by atoms with Crippen molar-refractivity contribution in [3.63, 3.8) is 0 Å². The van der Waals surface area contributed by atoms with Crippen LogP contribution in [0.2, 0.25) is 18.1 Å². The van der Waals surface area contributed by atoms with Gasteiger partial charge in [-0.3, -0.25) is 0 Å². The van der Waals surface area contributed by atoms with Crippen molar-refractivity contribution < 1.29 is 14.0 Å². The van der Waals surface area contributed by atoms with E-state index in [1.54, 1.807) is 0 Å². The van der Waals surface area contributed by atoms with Gasteiger partial charge in [-0.15, -0.1) is 0 Å². The Bertz CT molecular complexity index is 656. The molecular formula is C21H33NO3Si. The van der Waals surface area contributed by atoms with E-state index in [9.17, 15) is 4.79 Å². The van der Waals surface area contributed by atoms with Crippen LogP contribution in [0.15, 0.2) is 24.3 Å². The van der Waals surface area contributed by atoms with Crippen molar-refractivity contribution in [3.8, 4) is 11.8 Å². The Kier molecular flexibility index (Phi) is 7.49. The number of hydrogen-bond donors (Lipinski definition) is 1. The van der Waals surface area contributed by atoms with Gasteiger partial charge in [-0.2, -0.15) is 0 Å². The summed E-state index contributed by atoms with van der Waals surface area (Å²) in [6.45, 7) is 17.6. The van der Waals surface area contributed by atoms with E-state index in [2.05, 4.69) is 51.0 Å². The van der Waals surface area contributed by atoms with Crippen LogP contribution in [0.4, 0.5) is 4.79 Å². The third-order valence-electron chi connectivity index (χ3n) is 4.31. The summed E-state index contributed by atoms with van der Waals surface area (Å²) in [5.74, 6) is 5.96. The van der Waals surface area contributed by atoms with Gasteiger partial charge >= 0.3 is 6.09 Å². The number of ether oxygens (including phenoxy) is 1. The molecule has 0 aliphatic heterocycles. The van der Waals surface area contributed by atoms with Gasteiger partial charge < -0.3 is 14.5 Å². The molecule has 5 heteroatoms. The molecule has 0 aliphatic rings. The number of carbonyl (C=O) groups is 1. The van der Waals surface area contributed by atoms with E-state index in [-0.39, 0.29) is 11.6 Å². The summed E-state index contributed by atoms with van der Waals surface area (Å²) in [5.41, 5.74) is 1.55. The molecule has 1 rings (SSSR count). The lowest BCUT2D eigenvalue weighted by atomic mass is 10.1. The lowest BCUT2D eigenvalue weighted by Gasteiger charge is -2.36. The van der Waals surface area contributed by atoms with E-state index in [4.69, 9.17) is 9.16 Å². The van der Waals surface area contributed by atoms with Crippen molar-refractivity contribution in [1.29, 1.82) is 0 Å². The molecule has 0 atom stereocenters. The highest BCUT2D eigenvalue weighted by Gasteiger charge is 2.36. The molecule has 26 heavy (non-hydrogen) atoms. The first-order chi connectivity index (χ1) is 11.8. The molecule has 0 saturated carbocycles. The zero-order chi connectivity index (χ0) is 20.0. The molecule has 1 aromatic carbocycles. The SMILES string of the molecule is CC(C)(C)OC(=O)NCC#Cc1ccc(CO[Si](C)(C)C(C)(C)C)cc1. The normalized spacial score (nSPS) is 12.2. The van der Waals surface area contributed by atoms with Crippen LogP contribution in [0.25, 0.3) is 0 Å². The molecule has 0 unspecified atom stereocenters. The zero-order valence-corrected chi connectivity index (χ0v) is 18.4. The van der Waals surface area contributed by atoms with E-state index in [1.807, 2.05) is 45.0 Å². The molecule has 0 saturated heterocycles. The van der Waals surface area contributed by atoms with Crippen molar-refractivity contribution in [3.05, 3.63) is 35.4 Å². The van der Waals surface area contributed by atoms with Gasteiger partial charge in [0.05, 0.1) is 13.2 Å². The Morgan fingerprint density at radius 1 is 1.08 bits per heavy atom. The molecular weight excluding hydrogens is 342 g/mol. The van der Waals surface area contributed by atoms with Crippen molar-refractivity contribution >= 4 is 14.4 Å². The van der Waals surface area contributed by atoms with Gasteiger partial charge in [0, 0.05) is 5.56 Å². The summed E-state index contributed by atoms with van der Waals surface area (Å²) in [6, 6.07) is 8.03. The summed E-state index contributed by atoms with van der Waals surface area (Å²) >= 11 is 0. The van der Waals surface area contributed by atoms with Crippen LogP contribution in [0.5, 0.6) is 0 Å². The van der Waals surface area contributed by atoms with E-state index >= 15 is 0 Å². The second-order valence-electron chi connectivity index (χ2n) is 8.90. The zero-order valence-electron chi connectivity index (χ0n) is 17.4. The molecule has 0 heterocycles. The molecule has 0 bridgehead atoms. The standard InChI is InChI=1S/C21H33NO3Si/c1-20(2,3)25-19(23)22-15-9-10-17-11-13-18(14-12-17)16-24-26(7,8)21(4,5)6/h11-14H,15-16H2,1-8H3,(H,22,23). The average Bonchev–Trinajstić information content (AvgIpc) is 2.48. The second kappa shape index (κ2) is 8.74. The minimum atomic E-state index is -1.74. The Balaban J connectivity index is 2.50. The molecule has 0 spiro atoms. The van der Waals surface area contributed by atoms with E-state index in [1.165, 1.54) is 0 Å². The Labute approximate surface area is 159 Å². The van der Waals surface area contributed by atoms with Crippen LogP contribution in [0, 0.1) is 11.8 Å². The minimum absolute atomic E-state index is 0.208. The topological polar surface area (TPSA) is 47.6 Å². The molecule has 144 valence electrons. The number of benzene rings is 1. The summed E-state index contributed by atoms with van der Waals surface area (Å²) in [4.78, 5) is 11.5. The summed E-state index contributed by atoms with van der Waals surface area (Å²) in [5, 5.41) is 2.83. The maximum Gasteiger partial charge on any atom is 0.408 e. The number of rotatable bonds is 4. The van der Waals surface area contributed by atoms with Gasteiger partial charge in [0.2, 0.25) is 0 Å². The van der Waals surface area contributed by atoms with Crippen LogP contribution in [-0.4, -0.2) is 26.6 Å². The molecule has 0 radical (unpaired) electrons. The third-order valence-corrected chi connectivity index (χ3v) is 8.79. The smallest absolute Gasteiger partial charge is 0.408 e. The first kappa shape index (κ1) is 22.3. The fourth-order valence-electron chi connectivity index (χ4n) is 1.74. The van der Waals surface area contributed by atoms with Crippen LogP contribution < -0.4 is 5.32 Å². The summed E-state index contributed by atoms with van der Waals surface area (Å²) in [6.07, 6.45) is -0.454. The molecule has 1 N–H and O–H groups in total. The van der Waals surface area contributed by atoms with Gasteiger partial charge in [-0.05, 0) is 56.6 Å². The molecule has 0 fully saturated rings. The first-order valence-electron chi connectivity index (χ1n) is 8.99. The third kappa shape index (κ3) is 8.07. The van der Waals surface area contributed by atoms with Crippen LogP contribution in [-0.2, 0) is 15.8 Å². The maximum atomic E-state index is 11.5. The van der Waals surface area contributed by atoms with Gasteiger partial charge in [0.1, 0.15) is 5.60 Å². The number of amides is 1. The lowest BCUT2D eigenvalue weighted by Crippen LogP contribution is -2.40. The average molecular weight is 376 g/mol. The fourth-order valence-corrected chi connectivity index (χ4v) is 2.70. The van der Waals surface area contributed by atoms with E-state index in [0.29, 0.717) is 6.61 Å². The van der Waals surface area contributed by atoms with E-state index < -0.39 is 20.0 Å². The number of carbonyl (C=O) groups excluding carboxylic acids is 1. The molecule has 0 aromatic heterocycles. The second-order valence-corrected chi connectivity index (χ2v) is 13.7. The summed E-state index contributed by atoms with van der Waals surface area (Å²) in [7, 11) is -1.74. The Morgan fingerprint density at radius 2 is 1.65 bits per heavy atom. The highest BCUT2D eigenvalue weighted by atomic mass is 28.4. The van der Waals surface area contributed by atoms with Crippen LogP contribution >= 0.6 is 0 Å². The summed E-state index contributed by atoms with van der Waals surface area (Å²) < 4.78 is 11.4. The van der Waals surface area contributed by atoms with Gasteiger partial charge in [0.15, 0.2) is 8.32 Å². The predicted octanol–water partition coefficient (Wildman–Crippen LogP) is 5.08. The quantitative estimate of drug-likeness (QED) is 0.589. The van der Waals surface area contributed by atoms with Crippen molar-refractivity contribution in [1.82, 2.24) is 5.32 Å². The largest absolute Gasteiger partial charge is 0.444 e. The van der Waals surface area contributed by atoms with Gasteiger partial charge in [-0.25, -0.2) is 4.79 Å². The lowest BCUT2D eigenvalue weighted by molar-refractivity contribution is 0.0535. The number of alkyl carbamates (subject to hydrolysis) is 1. The van der Waals surface area contributed by atoms with E-state index in [0.717, 1.165) is 11.1 Å². The Hall–Kier alpha value is -1.77. The highest BCUT2D eigenvalue weighted by Crippen LogP contribution is 2.37. The Morgan fingerprint density at radius 3 is 2.15 bits per heavy atom. The van der Waals surface area contributed by atoms with Gasteiger partial charge in [0.25, 0.3) is 0 Å². The predicted molar refractivity (Wildman–Crippen MR) is 110 cm³/mol.